The second-order valence-corrected chi connectivity index (χ2v) is 9.70. The first-order chi connectivity index (χ1) is 18.8. The van der Waals surface area contributed by atoms with Gasteiger partial charge in [-0.1, -0.05) is 97.1 Å². The largest absolute Gasteiger partial charge is 0.357 e. The lowest BCUT2D eigenvalue weighted by Crippen LogP contribution is -2.37. The third-order valence-electron chi connectivity index (χ3n) is 7.38. The van der Waals surface area contributed by atoms with Gasteiger partial charge in [-0.05, 0) is 34.9 Å². The first-order valence-electron chi connectivity index (χ1n) is 12.9. The molecule has 4 aromatic carbocycles. The fourth-order valence-electron chi connectivity index (χ4n) is 5.60. The molecule has 0 spiro atoms. The average Bonchev–Trinajstić information content (AvgIpc) is 3.66. The minimum Gasteiger partial charge on any atom is -0.357 e. The highest BCUT2D eigenvalue weighted by Crippen LogP contribution is 2.40. The maximum Gasteiger partial charge on any atom is 0.121 e. The van der Waals surface area contributed by atoms with E-state index in [9.17, 15) is 5.26 Å². The standard InChI is InChI=1S/C33H29N5/c34-22-27-11-10-18-32(21-27)37-20-19-36(26-37)23-31-24-38(25-35-31)33(28-12-4-1-5-13-28,29-14-6-2-7-15-29)30-16-8-3-9-17-30/h1-18,21,24-25H,19-20,23,26H2. The molecule has 0 atom stereocenters. The summed E-state index contributed by atoms with van der Waals surface area (Å²) in [6, 6.07) is 42.1. The number of rotatable bonds is 7. The molecule has 5 aromatic rings. The van der Waals surface area contributed by atoms with E-state index in [0.29, 0.717) is 5.56 Å². The molecule has 1 aliphatic rings. The Labute approximate surface area is 223 Å². The fraction of sp³-hybridized carbons (Fsp3) is 0.152. The minimum absolute atomic E-state index is 0.552. The van der Waals surface area contributed by atoms with Crippen molar-refractivity contribution in [2.75, 3.05) is 24.7 Å². The summed E-state index contributed by atoms with van der Waals surface area (Å²) in [6.07, 6.45) is 4.18. The summed E-state index contributed by atoms with van der Waals surface area (Å²) in [5.74, 6) is 0. The van der Waals surface area contributed by atoms with E-state index in [4.69, 9.17) is 4.98 Å². The summed E-state index contributed by atoms with van der Waals surface area (Å²) < 4.78 is 2.27. The highest BCUT2D eigenvalue weighted by molar-refractivity contribution is 5.52. The summed E-state index contributed by atoms with van der Waals surface area (Å²) in [6.45, 7) is 3.45. The van der Waals surface area contributed by atoms with Crippen molar-refractivity contribution in [2.24, 2.45) is 0 Å². The van der Waals surface area contributed by atoms with Gasteiger partial charge in [-0.25, -0.2) is 4.98 Å². The van der Waals surface area contributed by atoms with Crippen LogP contribution in [0.5, 0.6) is 0 Å². The van der Waals surface area contributed by atoms with E-state index in [-0.39, 0.29) is 0 Å². The van der Waals surface area contributed by atoms with E-state index in [1.165, 1.54) is 16.7 Å². The molecular formula is C33H29N5. The second kappa shape index (κ2) is 10.4. The van der Waals surface area contributed by atoms with Crippen molar-refractivity contribution < 1.29 is 0 Å². The average molecular weight is 496 g/mol. The number of benzene rings is 4. The van der Waals surface area contributed by atoms with Crippen LogP contribution in [0.15, 0.2) is 128 Å². The zero-order valence-electron chi connectivity index (χ0n) is 21.2. The Morgan fingerprint density at radius 2 is 1.34 bits per heavy atom. The first-order valence-corrected chi connectivity index (χ1v) is 12.9. The smallest absolute Gasteiger partial charge is 0.121 e. The monoisotopic (exact) mass is 495 g/mol. The van der Waals surface area contributed by atoms with E-state index in [0.717, 1.165) is 37.7 Å². The number of hydrogen-bond acceptors (Lipinski definition) is 4. The number of nitriles is 1. The van der Waals surface area contributed by atoms with Gasteiger partial charge in [-0.15, -0.1) is 0 Å². The van der Waals surface area contributed by atoms with Gasteiger partial charge in [0.1, 0.15) is 5.54 Å². The topological polar surface area (TPSA) is 48.1 Å². The zero-order chi connectivity index (χ0) is 25.8. The SMILES string of the molecule is N#Cc1cccc(N2CCN(Cc3cn(C(c4ccccc4)(c4ccccc4)c4ccccc4)cn3)C2)c1. The summed E-state index contributed by atoms with van der Waals surface area (Å²) in [4.78, 5) is 9.63. The van der Waals surface area contributed by atoms with E-state index in [1.807, 2.05) is 24.5 Å². The van der Waals surface area contributed by atoms with E-state index >= 15 is 0 Å². The van der Waals surface area contributed by atoms with Gasteiger partial charge in [0.05, 0.1) is 30.3 Å². The van der Waals surface area contributed by atoms with Crippen LogP contribution in [-0.2, 0) is 12.1 Å². The van der Waals surface area contributed by atoms with Gasteiger partial charge in [-0.2, -0.15) is 5.26 Å². The van der Waals surface area contributed by atoms with Gasteiger partial charge in [0.25, 0.3) is 0 Å². The lowest BCUT2D eigenvalue weighted by molar-refractivity contribution is 0.330. The van der Waals surface area contributed by atoms with Crippen molar-refractivity contribution in [3.63, 3.8) is 0 Å². The molecule has 0 saturated carbocycles. The van der Waals surface area contributed by atoms with Crippen LogP contribution in [0, 0.1) is 11.3 Å². The van der Waals surface area contributed by atoms with Crippen LogP contribution in [0.25, 0.3) is 0 Å². The minimum atomic E-state index is -0.552. The number of imidazole rings is 1. The number of aromatic nitrogens is 2. The number of nitrogens with zero attached hydrogens (tertiary/aromatic N) is 5. The van der Waals surface area contributed by atoms with Crippen LogP contribution in [0.3, 0.4) is 0 Å². The molecule has 0 aliphatic carbocycles. The molecular weight excluding hydrogens is 466 g/mol. The Morgan fingerprint density at radius 3 is 1.92 bits per heavy atom. The predicted octanol–water partition coefficient (Wildman–Crippen LogP) is 5.87. The molecule has 1 aromatic heterocycles. The van der Waals surface area contributed by atoms with Gasteiger partial charge >= 0.3 is 0 Å². The van der Waals surface area contributed by atoms with Crippen LogP contribution in [0.1, 0.15) is 27.9 Å². The Kier molecular flexibility index (Phi) is 6.47. The maximum atomic E-state index is 9.28. The lowest BCUT2D eigenvalue weighted by Gasteiger charge is -2.37. The van der Waals surface area contributed by atoms with Gasteiger partial charge in [-0.3, -0.25) is 4.90 Å². The molecule has 5 heteroatoms. The van der Waals surface area contributed by atoms with Gasteiger partial charge in [0.2, 0.25) is 0 Å². The predicted molar refractivity (Wildman–Crippen MR) is 151 cm³/mol. The van der Waals surface area contributed by atoms with E-state index in [1.54, 1.807) is 0 Å². The van der Waals surface area contributed by atoms with Crippen LogP contribution >= 0.6 is 0 Å². The zero-order valence-corrected chi connectivity index (χ0v) is 21.2. The second-order valence-electron chi connectivity index (χ2n) is 9.70. The van der Waals surface area contributed by atoms with Crippen LogP contribution in [0.4, 0.5) is 5.69 Å². The normalized spacial score (nSPS) is 13.9. The molecule has 0 unspecified atom stereocenters. The molecule has 0 radical (unpaired) electrons. The Bertz CT molecular complexity index is 1440. The van der Waals surface area contributed by atoms with Crippen molar-refractivity contribution in [3.8, 4) is 6.07 Å². The molecule has 6 rings (SSSR count). The Morgan fingerprint density at radius 1 is 0.737 bits per heavy atom. The molecule has 0 amide bonds. The molecule has 1 aliphatic heterocycles. The molecule has 1 saturated heterocycles. The molecule has 1 fully saturated rings. The molecule has 5 nitrogen and oxygen atoms in total. The molecule has 0 N–H and O–H groups in total. The fourth-order valence-corrected chi connectivity index (χ4v) is 5.60. The highest BCUT2D eigenvalue weighted by Gasteiger charge is 2.38. The van der Waals surface area contributed by atoms with Gasteiger partial charge < -0.3 is 9.47 Å². The first kappa shape index (κ1) is 23.7. The third kappa shape index (κ3) is 4.36. The van der Waals surface area contributed by atoms with E-state index < -0.39 is 5.54 Å². The lowest BCUT2D eigenvalue weighted by atomic mass is 9.77. The maximum absolute atomic E-state index is 9.28. The van der Waals surface area contributed by atoms with Crippen LogP contribution in [-0.4, -0.2) is 34.2 Å². The van der Waals surface area contributed by atoms with Gasteiger partial charge in [0, 0.05) is 31.5 Å². The summed E-state index contributed by atoms with van der Waals surface area (Å²) in [5.41, 5.74) is 5.82. The quantitative estimate of drug-likeness (QED) is 0.265. The van der Waals surface area contributed by atoms with Crippen molar-refractivity contribution >= 4 is 5.69 Å². The van der Waals surface area contributed by atoms with Crippen LogP contribution < -0.4 is 4.90 Å². The summed E-state index contributed by atoms with van der Waals surface area (Å²) >= 11 is 0. The third-order valence-corrected chi connectivity index (χ3v) is 7.38. The molecule has 38 heavy (non-hydrogen) atoms. The summed E-state index contributed by atoms with van der Waals surface area (Å²) in [7, 11) is 0. The van der Waals surface area contributed by atoms with Crippen LogP contribution in [0.2, 0.25) is 0 Å². The van der Waals surface area contributed by atoms with Crippen molar-refractivity contribution in [2.45, 2.75) is 12.1 Å². The number of anilines is 1. The van der Waals surface area contributed by atoms with E-state index in [2.05, 4.69) is 124 Å². The Balaban J connectivity index is 1.35. The molecule has 0 bridgehead atoms. The summed E-state index contributed by atoms with van der Waals surface area (Å²) in [5, 5.41) is 9.28. The van der Waals surface area contributed by atoms with Crippen molar-refractivity contribution in [3.05, 3.63) is 156 Å². The number of hydrogen-bond donors (Lipinski definition) is 0. The molecule has 186 valence electrons. The Hall–Kier alpha value is -4.66. The van der Waals surface area contributed by atoms with Crippen molar-refractivity contribution in [1.29, 1.82) is 5.26 Å². The molecule has 2 heterocycles. The van der Waals surface area contributed by atoms with Crippen molar-refractivity contribution in [1.82, 2.24) is 14.5 Å². The highest BCUT2D eigenvalue weighted by atomic mass is 15.4. The van der Waals surface area contributed by atoms with Gasteiger partial charge in [0.15, 0.2) is 0 Å².